The van der Waals surface area contributed by atoms with E-state index in [1.54, 1.807) is 0 Å². The van der Waals surface area contributed by atoms with Crippen molar-refractivity contribution < 1.29 is 18.8 Å². The molecule has 1 saturated carbocycles. The highest BCUT2D eigenvalue weighted by Gasteiger charge is 2.54. The minimum Gasteiger partial charge on any atom is -0.444 e. The maximum atomic E-state index is 12.6. The van der Waals surface area contributed by atoms with Gasteiger partial charge in [0, 0.05) is 30.5 Å². The number of likely N-dealkylation sites (tertiary alicyclic amines) is 1. The molecule has 2 aliphatic carbocycles. The summed E-state index contributed by atoms with van der Waals surface area (Å²) in [6, 6.07) is 6.56. The van der Waals surface area contributed by atoms with Gasteiger partial charge in [-0.3, -0.25) is 0 Å². The average Bonchev–Trinajstić information content (AvgIpc) is 3.37. The monoisotopic (exact) mass is 436 g/mol. The number of hydrogen-bond donors (Lipinski definition) is 0. The maximum Gasteiger partial charge on any atom is 0.410 e. The first-order chi connectivity index (χ1) is 15.2. The summed E-state index contributed by atoms with van der Waals surface area (Å²) in [5, 5.41) is 4.56. The van der Waals surface area contributed by atoms with Crippen LogP contribution in [-0.4, -0.2) is 40.4 Å². The zero-order valence-electron chi connectivity index (χ0n) is 19.4. The third-order valence-corrected chi connectivity index (χ3v) is 7.59. The topological polar surface area (TPSA) is 64.8 Å². The Morgan fingerprint density at radius 1 is 1.22 bits per heavy atom. The third kappa shape index (κ3) is 3.18. The third-order valence-electron chi connectivity index (χ3n) is 7.59. The van der Waals surface area contributed by atoms with Crippen LogP contribution < -0.4 is 0 Å². The second-order valence-corrected chi connectivity index (χ2v) is 11.1. The van der Waals surface area contributed by atoms with Gasteiger partial charge in [0.1, 0.15) is 17.1 Å². The molecule has 2 atom stereocenters. The van der Waals surface area contributed by atoms with Crippen molar-refractivity contribution in [1.29, 1.82) is 0 Å². The van der Waals surface area contributed by atoms with Crippen LogP contribution in [0.4, 0.5) is 4.79 Å². The van der Waals surface area contributed by atoms with Crippen molar-refractivity contribution in [2.45, 2.75) is 88.9 Å². The standard InChI is InChI=1S/C26H32N2O4/c1-15-6-5-7-17-18-14-26(10-12-28(13-11-26)24(29)31-25(2,3)4)30-23(18)20-21(19(15)17)27-32-22(20)16-8-9-16/h5-7,16,18,23H,8-14H2,1-4H3. The molecule has 1 amide bonds. The van der Waals surface area contributed by atoms with Crippen LogP contribution >= 0.6 is 0 Å². The molecule has 0 N–H and O–H groups in total. The molecule has 170 valence electrons. The molecule has 6 rings (SSSR count). The van der Waals surface area contributed by atoms with E-state index < -0.39 is 5.60 Å². The fraction of sp³-hybridized carbons (Fsp3) is 0.615. The van der Waals surface area contributed by atoms with E-state index in [0.29, 0.717) is 24.9 Å². The number of carbonyl (C=O) groups excluding carboxylic acids is 1. The van der Waals surface area contributed by atoms with Gasteiger partial charge in [-0.15, -0.1) is 0 Å². The molecule has 2 unspecified atom stereocenters. The number of hydrogen-bond acceptors (Lipinski definition) is 5. The number of ether oxygens (including phenoxy) is 2. The normalized spacial score (nSPS) is 25.9. The SMILES string of the molecule is Cc1cccc2c1-c1noc(C3CC3)c1C1OC3(CCN(C(=O)OC(C)(C)C)CC3)CC21. The van der Waals surface area contributed by atoms with Crippen LogP contribution in [0, 0.1) is 6.92 Å². The molecule has 0 bridgehead atoms. The molecule has 4 aliphatic rings. The molecule has 32 heavy (non-hydrogen) atoms. The van der Waals surface area contributed by atoms with Gasteiger partial charge >= 0.3 is 6.09 Å². The molecule has 2 aliphatic heterocycles. The van der Waals surface area contributed by atoms with Crippen LogP contribution in [0.3, 0.4) is 0 Å². The van der Waals surface area contributed by atoms with Crippen molar-refractivity contribution in [2.75, 3.05) is 13.1 Å². The van der Waals surface area contributed by atoms with E-state index in [1.165, 1.54) is 35.1 Å². The summed E-state index contributed by atoms with van der Waals surface area (Å²) in [6.45, 7) is 9.24. The molecule has 1 aromatic heterocycles. The summed E-state index contributed by atoms with van der Waals surface area (Å²) >= 11 is 0. The number of amides is 1. The van der Waals surface area contributed by atoms with Gasteiger partial charge in [0.15, 0.2) is 0 Å². The van der Waals surface area contributed by atoms with Gasteiger partial charge in [-0.05, 0) is 70.9 Å². The lowest BCUT2D eigenvalue weighted by atomic mass is 9.74. The Labute approximate surface area is 189 Å². The summed E-state index contributed by atoms with van der Waals surface area (Å²) in [5.74, 6) is 1.85. The Balaban J connectivity index is 1.31. The van der Waals surface area contributed by atoms with Crippen molar-refractivity contribution in [2.24, 2.45) is 0 Å². The highest BCUT2D eigenvalue weighted by atomic mass is 16.6. The van der Waals surface area contributed by atoms with Crippen LogP contribution in [-0.2, 0) is 9.47 Å². The molecule has 3 heterocycles. The van der Waals surface area contributed by atoms with E-state index in [1.807, 2.05) is 25.7 Å². The number of aryl methyl sites for hydroxylation is 1. The average molecular weight is 437 g/mol. The number of piperidine rings is 1. The summed E-state index contributed by atoms with van der Waals surface area (Å²) in [5.41, 5.74) is 5.33. The molecule has 2 saturated heterocycles. The van der Waals surface area contributed by atoms with E-state index in [9.17, 15) is 4.79 Å². The first-order valence-electron chi connectivity index (χ1n) is 12.0. The lowest BCUT2D eigenvalue weighted by molar-refractivity contribution is -0.0803. The Morgan fingerprint density at radius 3 is 2.66 bits per heavy atom. The summed E-state index contributed by atoms with van der Waals surface area (Å²) < 4.78 is 18.5. The number of nitrogens with zero attached hydrogens (tertiary/aromatic N) is 2. The van der Waals surface area contributed by atoms with Crippen molar-refractivity contribution in [3.8, 4) is 11.3 Å². The van der Waals surface area contributed by atoms with Crippen molar-refractivity contribution in [1.82, 2.24) is 10.1 Å². The van der Waals surface area contributed by atoms with Gasteiger partial charge in [-0.2, -0.15) is 0 Å². The van der Waals surface area contributed by atoms with Gasteiger partial charge in [0.25, 0.3) is 0 Å². The van der Waals surface area contributed by atoms with Crippen LogP contribution in [0.5, 0.6) is 0 Å². The second kappa shape index (κ2) is 6.83. The molecular formula is C26H32N2O4. The summed E-state index contributed by atoms with van der Waals surface area (Å²) in [4.78, 5) is 14.4. The molecule has 1 spiro atoms. The molecule has 2 aromatic rings. The second-order valence-electron chi connectivity index (χ2n) is 11.1. The smallest absolute Gasteiger partial charge is 0.410 e. The Kier molecular flexibility index (Phi) is 4.33. The Bertz CT molecular complexity index is 1070. The van der Waals surface area contributed by atoms with Gasteiger partial charge in [0.2, 0.25) is 0 Å². The predicted molar refractivity (Wildman–Crippen MR) is 120 cm³/mol. The van der Waals surface area contributed by atoms with Gasteiger partial charge < -0.3 is 18.9 Å². The zero-order valence-corrected chi connectivity index (χ0v) is 19.4. The highest BCUT2D eigenvalue weighted by Crippen LogP contribution is 2.61. The number of aromatic nitrogens is 1. The number of rotatable bonds is 1. The van der Waals surface area contributed by atoms with Gasteiger partial charge in [-0.1, -0.05) is 23.4 Å². The van der Waals surface area contributed by atoms with E-state index in [4.69, 9.17) is 14.0 Å². The largest absolute Gasteiger partial charge is 0.444 e. The minimum absolute atomic E-state index is 0.00535. The van der Waals surface area contributed by atoms with Crippen LogP contribution in [0.15, 0.2) is 22.7 Å². The highest BCUT2D eigenvalue weighted by molar-refractivity contribution is 5.75. The first-order valence-corrected chi connectivity index (χ1v) is 12.0. The lowest BCUT2D eigenvalue weighted by Gasteiger charge is -2.39. The summed E-state index contributed by atoms with van der Waals surface area (Å²) in [7, 11) is 0. The zero-order chi connectivity index (χ0) is 22.3. The minimum atomic E-state index is -0.476. The van der Waals surface area contributed by atoms with Crippen LogP contribution in [0.1, 0.15) is 93.3 Å². The molecule has 1 aromatic carbocycles. The lowest BCUT2D eigenvalue weighted by Crippen LogP contribution is -2.47. The molecular weight excluding hydrogens is 404 g/mol. The van der Waals surface area contributed by atoms with E-state index in [0.717, 1.165) is 30.7 Å². The molecule has 0 radical (unpaired) electrons. The number of fused-ring (bicyclic) bond motifs is 6. The van der Waals surface area contributed by atoms with Crippen molar-refractivity contribution in [3.63, 3.8) is 0 Å². The molecule has 6 heteroatoms. The Morgan fingerprint density at radius 2 is 1.97 bits per heavy atom. The van der Waals surface area contributed by atoms with E-state index in [-0.39, 0.29) is 17.8 Å². The van der Waals surface area contributed by atoms with Gasteiger partial charge in [-0.25, -0.2) is 4.79 Å². The molecule has 3 fully saturated rings. The van der Waals surface area contributed by atoms with Gasteiger partial charge in [0.05, 0.1) is 17.3 Å². The predicted octanol–water partition coefficient (Wildman–Crippen LogP) is 5.86. The fourth-order valence-electron chi connectivity index (χ4n) is 5.91. The number of benzene rings is 1. The van der Waals surface area contributed by atoms with E-state index >= 15 is 0 Å². The quantitative estimate of drug-likeness (QED) is 0.561. The maximum absolute atomic E-state index is 12.6. The molecule has 6 nitrogen and oxygen atoms in total. The van der Waals surface area contributed by atoms with Crippen LogP contribution in [0.2, 0.25) is 0 Å². The number of carbonyl (C=O) groups is 1. The fourth-order valence-corrected chi connectivity index (χ4v) is 5.91. The van der Waals surface area contributed by atoms with Crippen molar-refractivity contribution >= 4 is 6.09 Å². The van der Waals surface area contributed by atoms with Crippen LogP contribution in [0.25, 0.3) is 11.3 Å². The first kappa shape index (κ1) is 20.3. The summed E-state index contributed by atoms with van der Waals surface area (Å²) in [6.07, 6.45) is 4.77. The van der Waals surface area contributed by atoms with Crippen molar-refractivity contribution in [3.05, 3.63) is 40.6 Å². The van der Waals surface area contributed by atoms with E-state index in [2.05, 4.69) is 30.3 Å². The Hall–Kier alpha value is -2.34.